The first-order valence-corrected chi connectivity index (χ1v) is 5.75. The van der Waals surface area contributed by atoms with E-state index in [1.165, 1.54) is 18.3 Å². The quantitative estimate of drug-likeness (QED) is 0.637. The van der Waals surface area contributed by atoms with Crippen LogP contribution in [0.3, 0.4) is 0 Å². The summed E-state index contributed by atoms with van der Waals surface area (Å²) >= 11 is 0. The third-order valence-electron chi connectivity index (χ3n) is 2.28. The second kappa shape index (κ2) is 6.58. The van der Waals surface area contributed by atoms with Gasteiger partial charge in [0.05, 0.1) is 5.56 Å². The Kier molecular flexibility index (Phi) is 5.10. The van der Waals surface area contributed by atoms with Crippen molar-refractivity contribution in [3.8, 4) is 0 Å². The molecule has 0 aliphatic rings. The molecule has 0 radical (unpaired) electrons. The van der Waals surface area contributed by atoms with E-state index in [1.54, 1.807) is 13.8 Å². The third kappa shape index (κ3) is 4.40. The lowest BCUT2D eigenvalue weighted by molar-refractivity contribution is -0.123. The summed E-state index contributed by atoms with van der Waals surface area (Å²) in [5.41, 5.74) is 0.125. The van der Waals surface area contributed by atoms with Gasteiger partial charge in [-0.15, -0.1) is 0 Å². The van der Waals surface area contributed by atoms with E-state index in [2.05, 4.69) is 15.6 Å². The summed E-state index contributed by atoms with van der Waals surface area (Å²) in [5, 5.41) is 5.32. The summed E-state index contributed by atoms with van der Waals surface area (Å²) in [5.74, 6) is -0.404. The largest absolute Gasteiger partial charge is 0.354 e. The minimum Gasteiger partial charge on any atom is -0.354 e. The Balaban J connectivity index is 2.32. The van der Waals surface area contributed by atoms with Gasteiger partial charge in [0, 0.05) is 31.3 Å². The Hall–Kier alpha value is -2.11. The van der Waals surface area contributed by atoms with E-state index in [0.717, 1.165) is 0 Å². The van der Waals surface area contributed by atoms with Gasteiger partial charge in [0.25, 0.3) is 5.91 Å². The molecule has 0 aliphatic heterocycles. The molecule has 6 heteroatoms. The van der Waals surface area contributed by atoms with Gasteiger partial charge in [-0.05, 0) is 6.07 Å². The second-order valence-electron chi connectivity index (χ2n) is 4.14. The first-order valence-electron chi connectivity index (χ1n) is 5.75. The van der Waals surface area contributed by atoms with E-state index < -0.39 is 0 Å². The standard InChI is InChI=1S/C12H17N3O3/c1-8(2)11(17)13-5-6-14-12(18)9-3-4-10(16)15-7-9/h3-4,7-8H,5-6H2,1-2H3,(H,13,17)(H,14,18)(H,15,16). The minimum atomic E-state index is -0.287. The molecule has 6 nitrogen and oxygen atoms in total. The fourth-order valence-corrected chi connectivity index (χ4v) is 1.22. The molecule has 0 aromatic carbocycles. The van der Waals surface area contributed by atoms with Crippen LogP contribution in [0.4, 0.5) is 0 Å². The van der Waals surface area contributed by atoms with E-state index in [9.17, 15) is 14.4 Å². The molecule has 18 heavy (non-hydrogen) atoms. The molecule has 0 bridgehead atoms. The van der Waals surface area contributed by atoms with Crippen LogP contribution in [-0.4, -0.2) is 29.9 Å². The smallest absolute Gasteiger partial charge is 0.252 e. The highest BCUT2D eigenvalue weighted by molar-refractivity contribution is 5.93. The molecule has 1 heterocycles. The zero-order valence-corrected chi connectivity index (χ0v) is 10.4. The van der Waals surface area contributed by atoms with E-state index in [-0.39, 0.29) is 23.3 Å². The van der Waals surface area contributed by atoms with Crippen molar-refractivity contribution in [1.29, 1.82) is 0 Å². The van der Waals surface area contributed by atoms with Crippen molar-refractivity contribution >= 4 is 11.8 Å². The molecular weight excluding hydrogens is 234 g/mol. The maximum absolute atomic E-state index is 11.6. The summed E-state index contributed by atoms with van der Waals surface area (Å²) in [6, 6.07) is 2.73. The summed E-state index contributed by atoms with van der Waals surface area (Å²) < 4.78 is 0. The van der Waals surface area contributed by atoms with Crippen LogP contribution in [0.1, 0.15) is 24.2 Å². The number of hydrogen-bond acceptors (Lipinski definition) is 3. The van der Waals surface area contributed by atoms with Crippen molar-refractivity contribution in [3.05, 3.63) is 34.2 Å². The van der Waals surface area contributed by atoms with Gasteiger partial charge >= 0.3 is 0 Å². The number of hydrogen-bond donors (Lipinski definition) is 3. The predicted octanol–water partition coefficient (Wildman–Crippen LogP) is -0.123. The van der Waals surface area contributed by atoms with Gasteiger partial charge < -0.3 is 15.6 Å². The van der Waals surface area contributed by atoms with Gasteiger partial charge in [0.1, 0.15) is 0 Å². The highest BCUT2D eigenvalue weighted by Crippen LogP contribution is 1.92. The SMILES string of the molecule is CC(C)C(=O)NCCNC(=O)c1ccc(=O)[nH]c1. The van der Waals surface area contributed by atoms with Crippen LogP contribution >= 0.6 is 0 Å². The van der Waals surface area contributed by atoms with E-state index >= 15 is 0 Å². The molecule has 3 N–H and O–H groups in total. The molecule has 1 aromatic heterocycles. The number of carbonyl (C=O) groups excluding carboxylic acids is 2. The normalized spacial score (nSPS) is 10.2. The topological polar surface area (TPSA) is 91.1 Å². The van der Waals surface area contributed by atoms with Gasteiger partial charge in [0.15, 0.2) is 0 Å². The van der Waals surface area contributed by atoms with E-state index in [1.807, 2.05) is 0 Å². The molecule has 0 unspecified atom stereocenters. The minimum absolute atomic E-state index is 0.0479. The highest BCUT2D eigenvalue weighted by atomic mass is 16.2. The van der Waals surface area contributed by atoms with Gasteiger partial charge in [-0.1, -0.05) is 13.8 Å². The number of aromatic amines is 1. The van der Waals surface area contributed by atoms with Crippen LogP contribution in [0.15, 0.2) is 23.1 Å². The van der Waals surface area contributed by atoms with Crippen LogP contribution in [-0.2, 0) is 4.79 Å². The fourth-order valence-electron chi connectivity index (χ4n) is 1.22. The second-order valence-corrected chi connectivity index (χ2v) is 4.14. The highest BCUT2D eigenvalue weighted by Gasteiger charge is 2.07. The van der Waals surface area contributed by atoms with Crippen LogP contribution in [0.2, 0.25) is 0 Å². The van der Waals surface area contributed by atoms with Crippen molar-refractivity contribution < 1.29 is 9.59 Å². The zero-order valence-electron chi connectivity index (χ0n) is 10.4. The van der Waals surface area contributed by atoms with Crippen LogP contribution < -0.4 is 16.2 Å². The number of H-pyrrole nitrogens is 1. The maximum atomic E-state index is 11.6. The molecule has 98 valence electrons. The van der Waals surface area contributed by atoms with Gasteiger partial charge in [-0.3, -0.25) is 14.4 Å². The number of aromatic nitrogens is 1. The molecular formula is C12H17N3O3. The predicted molar refractivity (Wildman–Crippen MR) is 67.2 cm³/mol. The summed E-state index contributed by atoms with van der Waals surface area (Å²) in [6.07, 6.45) is 1.35. The Bertz CT molecular complexity index is 459. The number of rotatable bonds is 5. The van der Waals surface area contributed by atoms with E-state index in [4.69, 9.17) is 0 Å². The number of nitrogens with one attached hydrogen (secondary N) is 3. The third-order valence-corrected chi connectivity index (χ3v) is 2.28. The molecule has 0 saturated heterocycles. The molecule has 0 atom stereocenters. The van der Waals surface area contributed by atoms with Crippen molar-refractivity contribution in [1.82, 2.24) is 15.6 Å². The summed E-state index contributed by atoms with van der Waals surface area (Å²) in [4.78, 5) is 36.0. The molecule has 0 fully saturated rings. The molecule has 0 aliphatic carbocycles. The monoisotopic (exact) mass is 251 g/mol. The average Bonchev–Trinajstić information content (AvgIpc) is 2.34. The Labute approximate surface area is 105 Å². The Morgan fingerprint density at radius 3 is 2.44 bits per heavy atom. The molecule has 1 aromatic rings. The first-order chi connectivity index (χ1) is 8.50. The molecule has 0 spiro atoms. The number of carbonyl (C=O) groups is 2. The van der Waals surface area contributed by atoms with Crippen molar-refractivity contribution in [3.63, 3.8) is 0 Å². The summed E-state index contributed by atoms with van der Waals surface area (Å²) in [6.45, 7) is 4.32. The number of amides is 2. The lowest BCUT2D eigenvalue weighted by atomic mass is 10.2. The van der Waals surface area contributed by atoms with Crippen LogP contribution in [0.5, 0.6) is 0 Å². The molecule has 2 amide bonds. The molecule has 1 rings (SSSR count). The zero-order chi connectivity index (χ0) is 13.5. The fraction of sp³-hybridized carbons (Fsp3) is 0.417. The lowest BCUT2D eigenvalue weighted by Gasteiger charge is -2.08. The Morgan fingerprint density at radius 1 is 1.22 bits per heavy atom. The lowest BCUT2D eigenvalue weighted by Crippen LogP contribution is -2.36. The van der Waals surface area contributed by atoms with Crippen molar-refractivity contribution in [2.24, 2.45) is 5.92 Å². The van der Waals surface area contributed by atoms with Gasteiger partial charge in [-0.25, -0.2) is 0 Å². The van der Waals surface area contributed by atoms with Crippen molar-refractivity contribution in [2.75, 3.05) is 13.1 Å². The van der Waals surface area contributed by atoms with Crippen LogP contribution in [0.25, 0.3) is 0 Å². The van der Waals surface area contributed by atoms with Gasteiger partial charge in [-0.2, -0.15) is 0 Å². The molecule has 0 saturated carbocycles. The summed E-state index contributed by atoms with van der Waals surface area (Å²) in [7, 11) is 0. The van der Waals surface area contributed by atoms with E-state index in [0.29, 0.717) is 18.7 Å². The number of pyridine rings is 1. The first kappa shape index (κ1) is 14.0. The van der Waals surface area contributed by atoms with Gasteiger partial charge in [0.2, 0.25) is 11.5 Å². The van der Waals surface area contributed by atoms with Crippen molar-refractivity contribution in [2.45, 2.75) is 13.8 Å². The average molecular weight is 251 g/mol. The maximum Gasteiger partial charge on any atom is 0.252 e. The van der Waals surface area contributed by atoms with Crippen LogP contribution in [0, 0.1) is 5.92 Å². The Morgan fingerprint density at radius 2 is 1.89 bits per heavy atom.